The summed E-state index contributed by atoms with van der Waals surface area (Å²) >= 11 is 0. The van der Waals surface area contributed by atoms with Crippen molar-refractivity contribution < 1.29 is 9.53 Å². The molecular formula is C28H29N3O3. The lowest BCUT2D eigenvalue weighted by atomic mass is 10.0. The number of nitrogens with one attached hydrogen (secondary N) is 2. The summed E-state index contributed by atoms with van der Waals surface area (Å²) in [5.41, 5.74) is 6.14. The lowest BCUT2D eigenvalue weighted by molar-refractivity contribution is 0.206. The Morgan fingerprint density at radius 2 is 1.65 bits per heavy atom. The van der Waals surface area contributed by atoms with Gasteiger partial charge in [0.05, 0.1) is 19.2 Å². The van der Waals surface area contributed by atoms with Crippen molar-refractivity contribution in [3.05, 3.63) is 105 Å². The van der Waals surface area contributed by atoms with E-state index in [1.807, 2.05) is 63.2 Å². The topological polar surface area (TPSA) is 74.4 Å². The molecule has 0 spiro atoms. The Labute approximate surface area is 199 Å². The minimum atomic E-state index is -0.287. The second kappa shape index (κ2) is 9.83. The van der Waals surface area contributed by atoms with Gasteiger partial charge in [-0.3, -0.25) is 4.79 Å². The fourth-order valence-electron chi connectivity index (χ4n) is 3.88. The van der Waals surface area contributed by atoms with E-state index in [2.05, 4.69) is 10.3 Å². The normalized spacial score (nSPS) is 10.8. The van der Waals surface area contributed by atoms with Gasteiger partial charge in [-0.05, 0) is 73.2 Å². The Morgan fingerprint density at radius 3 is 2.32 bits per heavy atom. The molecule has 0 aliphatic carbocycles. The zero-order valence-electron chi connectivity index (χ0n) is 19.9. The van der Waals surface area contributed by atoms with Crippen molar-refractivity contribution in [2.75, 3.05) is 12.4 Å². The van der Waals surface area contributed by atoms with Gasteiger partial charge in [-0.1, -0.05) is 42.0 Å². The number of fused-ring (bicyclic) bond motifs is 1. The summed E-state index contributed by atoms with van der Waals surface area (Å²) in [7, 11) is 1.60. The van der Waals surface area contributed by atoms with E-state index in [9.17, 15) is 9.59 Å². The van der Waals surface area contributed by atoms with Crippen LogP contribution in [0.2, 0.25) is 0 Å². The fraction of sp³-hybridized carbons (Fsp3) is 0.214. The summed E-state index contributed by atoms with van der Waals surface area (Å²) in [4.78, 5) is 30.9. The van der Waals surface area contributed by atoms with Gasteiger partial charge < -0.3 is 19.9 Å². The molecular weight excluding hydrogens is 426 g/mol. The summed E-state index contributed by atoms with van der Waals surface area (Å²) in [6.07, 6.45) is 0. The minimum Gasteiger partial charge on any atom is -0.497 e. The van der Waals surface area contributed by atoms with Crippen molar-refractivity contribution in [2.45, 2.75) is 33.9 Å². The molecule has 34 heavy (non-hydrogen) atoms. The van der Waals surface area contributed by atoms with Crippen LogP contribution in [-0.4, -0.2) is 23.0 Å². The summed E-state index contributed by atoms with van der Waals surface area (Å²) in [6, 6.07) is 20.8. The molecule has 0 bridgehead atoms. The molecule has 1 heterocycles. The first-order valence-electron chi connectivity index (χ1n) is 11.2. The first-order chi connectivity index (χ1) is 16.3. The van der Waals surface area contributed by atoms with Crippen molar-refractivity contribution in [1.82, 2.24) is 9.88 Å². The number of carbonyl (C=O) groups excluding carboxylic acids is 1. The first-order valence-corrected chi connectivity index (χ1v) is 11.2. The van der Waals surface area contributed by atoms with Crippen LogP contribution in [0.1, 0.15) is 27.8 Å². The van der Waals surface area contributed by atoms with Crippen molar-refractivity contribution in [3.63, 3.8) is 0 Å². The summed E-state index contributed by atoms with van der Waals surface area (Å²) in [5, 5.41) is 3.89. The van der Waals surface area contributed by atoms with E-state index in [1.165, 1.54) is 0 Å². The number of aromatic nitrogens is 1. The molecule has 0 fully saturated rings. The van der Waals surface area contributed by atoms with Crippen molar-refractivity contribution in [3.8, 4) is 5.75 Å². The number of amides is 2. The van der Waals surface area contributed by atoms with E-state index in [4.69, 9.17) is 4.74 Å². The van der Waals surface area contributed by atoms with E-state index in [0.29, 0.717) is 23.5 Å². The number of urea groups is 1. The number of aromatic amines is 1. The predicted molar refractivity (Wildman–Crippen MR) is 136 cm³/mol. The van der Waals surface area contributed by atoms with E-state index in [-0.39, 0.29) is 18.1 Å². The third-order valence-electron chi connectivity index (χ3n) is 6.11. The molecule has 6 heteroatoms. The molecule has 174 valence electrons. The quantitative estimate of drug-likeness (QED) is 0.392. The van der Waals surface area contributed by atoms with E-state index in [1.54, 1.807) is 36.3 Å². The van der Waals surface area contributed by atoms with Gasteiger partial charge in [-0.15, -0.1) is 0 Å². The van der Waals surface area contributed by atoms with Gasteiger partial charge >= 0.3 is 6.03 Å². The summed E-state index contributed by atoms with van der Waals surface area (Å²) in [6.45, 7) is 6.59. The Hall–Kier alpha value is -4.06. The zero-order valence-corrected chi connectivity index (χ0v) is 19.9. The number of hydrogen-bond acceptors (Lipinski definition) is 3. The highest BCUT2D eigenvalue weighted by atomic mass is 16.5. The van der Waals surface area contributed by atoms with E-state index in [0.717, 1.165) is 33.2 Å². The van der Waals surface area contributed by atoms with Crippen molar-refractivity contribution in [2.24, 2.45) is 0 Å². The van der Waals surface area contributed by atoms with Crippen LogP contribution in [0.25, 0.3) is 10.9 Å². The second-order valence-corrected chi connectivity index (χ2v) is 8.60. The Kier molecular flexibility index (Phi) is 6.68. The minimum absolute atomic E-state index is 0.175. The van der Waals surface area contributed by atoms with Crippen molar-refractivity contribution in [1.29, 1.82) is 0 Å². The number of benzene rings is 3. The van der Waals surface area contributed by atoms with Gasteiger partial charge in [0.25, 0.3) is 5.56 Å². The van der Waals surface area contributed by atoms with Crippen molar-refractivity contribution >= 4 is 22.6 Å². The number of H-pyrrole nitrogens is 1. The number of pyridine rings is 1. The smallest absolute Gasteiger partial charge is 0.322 e. The Morgan fingerprint density at radius 1 is 0.941 bits per heavy atom. The molecule has 1 aromatic heterocycles. The van der Waals surface area contributed by atoms with E-state index >= 15 is 0 Å². The number of hydrogen-bond donors (Lipinski definition) is 2. The van der Waals surface area contributed by atoms with Crippen LogP contribution in [-0.2, 0) is 13.1 Å². The molecule has 0 saturated heterocycles. The monoisotopic (exact) mass is 455 g/mol. The van der Waals surface area contributed by atoms with Crippen LogP contribution in [0, 0.1) is 20.8 Å². The van der Waals surface area contributed by atoms with Gasteiger partial charge in [-0.25, -0.2) is 4.79 Å². The van der Waals surface area contributed by atoms with Gasteiger partial charge in [0.15, 0.2) is 0 Å². The third-order valence-corrected chi connectivity index (χ3v) is 6.11. The molecule has 0 radical (unpaired) electrons. The lowest BCUT2D eigenvalue weighted by Gasteiger charge is -2.23. The molecule has 0 aliphatic rings. The average Bonchev–Trinajstić information content (AvgIpc) is 2.84. The van der Waals surface area contributed by atoms with Crippen LogP contribution >= 0.6 is 0 Å². The van der Waals surface area contributed by atoms with E-state index < -0.39 is 0 Å². The predicted octanol–water partition coefficient (Wildman–Crippen LogP) is 5.70. The lowest BCUT2D eigenvalue weighted by Crippen LogP contribution is -2.35. The standard InChI is InChI=1S/C28H29N3O3/c1-18-5-8-21(9-6-18)16-31(28(33)29-24-11-13-25(34-4)14-12-24)17-23-15-22-10-7-19(2)20(3)26(22)30-27(23)32/h5-15H,16-17H2,1-4H3,(H,29,33)(H,30,32). The van der Waals surface area contributed by atoms with Gasteiger partial charge in [0.1, 0.15) is 5.75 Å². The number of nitrogens with zero attached hydrogens (tertiary/aromatic N) is 1. The Balaban J connectivity index is 1.65. The molecule has 4 aromatic rings. The molecule has 0 saturated carbocycles. The highest BCUT2D eigenvalue weighted by Gasteiger charge is 2.18. The Bertz CT molecular complexity index is 1370. The molecule has 0 unspecified atom stereocenters. The van der Waals surface area contributed by atoms with Crippen LogP contribution in [0.15, 0.2) is 71.5 Å². The fourth-order valence-corrected chi connectivity index (χ4v) is 3.88. The maximum Gasteiger partial charge on any atom is 0.322 e. The highest BCUT2D eigenvalue weighted by molar-refractivity contribution is 5.89. The molecule has 0 aliphatic heterocycles. The molecule has 2 amide bonds. The van der Waals surface area contributed by atoms with Gasteiger partial charge in [-0.2, -0.15) is 0 Å². The maximum absolute atomic E-state index is 13.3. The molecule has 3 aromatic carbocycles. The summed E-state index contributed by atoms with van der Waals surface area (Å²) in [5.74, 6) is 0.711. The summed E-state index contributed by atoms with van der Waals surface area (Å²) < 4.78 is 5.19. The van der Waals surface area contributed by atoms with Gasteiger partial charge in [0, 0.05) is 17.8 Å². The second-order valence-electron chi connectivity index (χ2n) is 8.60. The number of anilines is 1. The first kappa shape index (κ1) is 23.1. The highest BCUT2D eigenvalue weighted by Crippen LogP contribution is 2.21. The number of rotatable bonds is 6. The number of methoxy groups -OCH3 is 1. The average molecular weight is 456 g/mol. The molecule has 0 atom stereocenters. The number of carbonyl (C=O) groups is 1. The molecule has 4 rings (SSSR count). The maximum atomic E-state index is 13.3. The largest absolute Gasteiger partial charge is 0.497 e. The molecule has 2 N–H and O–H groups in total. The zero-order chi connectivity index (χ0) is 24.2. The SMILES string of the molecule is COc1ccc(NC(=O)N(Cc2ccc(C)cc2)Cc2cc3ccc(C)c(C)c3[nH]c2=O)cc1. The number of ether oxygens (including phenoxy) is 1. The van der Waals surface area contributed by atoms with Crippen LogP contribution in [0.3, 0.4) is 0 Å². The van der Waals surface area contributed by atoms with Gasteiger partial charge in [0.2, 0.25) is 0 Å². The third kappa shape index (κ3) is 5.12. The molecule has 6 nitrogen and oxygen atoms in total. The van der Waals surface area contributed by atoms with Crippen LogP contribution in [0.5, 0.6) is 5.75 Å². The number of aryl methyl sites for hydroxylation is 3. The van der Waals surface area contributed by atoms with Crippen LogP contribution < -0.4 is 15.6 Å². The van der Waals surface area contributed by atoms with Crippen LogP contribution in [0.4, 0.5) is 10.5 Å².